The lowest BCUT2D eigenvalue weighted by Crippen LogP contribution is -2.24. The normalized spacial score (nSPS) is 12.7. The summed E-state index contributed by atoms with van der Waals surface area (Å²) in [4.78, 5) is 10.6. The highest BCUT2D eigenvalue weighted by Gasteiger charge is 2.11. The summed E-state index contributed by atoms with van der Waals surface area (Å²) in [6.45, 7) is 2.43. The van der Waals surface area contributed by atoms with Crippen molar-refractivity contribution < 1.29 is 14.3 Å². The van der Waals surface area contributed by atoms with Crippen LogP contribution >= 0.6 is 0 Å². The van der Waals surface area contributed by atoms with Crippen LogP contribution in [0.1, 0.15) is 6.92 Å². The Hall–Kier alpha value is -0.610. The molecule has 4 heteroatoms. The summed E-state index contributed by atoms with van der Waals surface area (Å²) in [5.41, 5.74) is 5.14. The fourth-order valence-corrected chi connectivity index (χ4v) is 0.479. The summed E-state index contributed by atoms with van der Waals surface area (Å²) in [7, 11) is 1.32. The number of carbonyl (C=O) groups excluding carboxylic acids is 1. The third kappa shape index (κ3) is 3.42. The van der Waals surface area contributed by atoms with Gasteiger partial charge in [0, 0.05) is 6.54 Å². The number of hydrogen-bond acceptors (Lipinski definition) is 4. The number of ether oxygens (including phenoxy) is 2. The third-order valence-electron chi connectivity index (χ3n) is 1.02. The Morgan fingerprint density at radius 1 is 1.70 bits per heavy atom. The van der Waals surface area contributed by atoms with Gasteiger partial charge in [0.05, 0.1) is 13.7 Å². The number of carbonyl (C=O) groups is 1. The fourth-order valence-electron chi connectivity index (χ4n) is 0.479. The molecule has 4 nitrogen and oxygen atoms in total. The van der Waals surface area contributed by atoms with Gasteiger partial charge in [-0.3, -0.25) is 0 Å². The Labute approximate surface area is 60.3 Å². The van der Waals surface area contributed by atoms with Gasteiger partial charge in [-0.2, -0.15) is 0 Å². The monoisotopic (exact) mass is 147 g/mol. The van der Waals surface area contributed by atoms with Crippen LogP contribution in [0.4, 0.5) is 0 Å². The summed E-state index contributed by atoms with van der Waals surface area (Å²) >= 11 is 0. The molecule has 2 N–H and O–H groups in total. The van der Waals surface area contributed by atoms with Crippen LogP contribution in [0.25, 0.3) is 0 Å². The predicted molar refractivity (Wildman–Crippen MR) is 36.5 cm³/mol. The van der Waals surface area contributed by atoms with Gasteiger partial charge in [0.1, 0.15) is 0 Å². The van der Waals surface area contributed by atoms with E-state index in [9.17, 15) is 4.79 Å². The SMILES string of the molecule is COC(=O)[C@@H](C)OCCN. The maximum atomic E-state index is 10.6. The highest BCUT2D eigenvalue weighted by atomic mass is 16.6. The van der Waals surface area contributed by atoms with Crippen molar-refractivity contribution in [1.82, 2.24) is 0 Å². The Kier molecular flexibility index (Phi) is 4.88. The number of methoxy groups -OCH3 is 1. The molecular weight excluding hydrogens is 134 g/mol. The molecule has 1 atom stereocenters. The zero-order valence-electron chi connectivity index (χ0n) is 6.29. The molecule has 0 amide bonds. The smallest absolute Gasteiger partial charge is 0.334 e. The lowest BCUT2D eigenvalue weighted by Gasteiger charge is -2.08. The second kappa shape index (κ2) is 5.20. The first-order chi connectivity index (χ1) is 4.72. The van der Waals surface area contributed by atoms with E-state index in [0.717, 1.165) is 0 Å². The van der Waals surface area contributed by atoms with Gasteiger partial charge in [-0.05, 0) is 6.92 Å². The van der Waals surface area contributed by atoms with Crippen LogP contribution in [0, 0.1) is 0 Å². The molecule has 10 heavy (non-hydrogen) atoms. The topological polar surface area (TPSA) is 61.5 Å². The number of rotatable bonds is 4. The molecule has 0 spiro atoms. The van der Waals surface area contributed by atoms with E-state index >= 15 is 0 Å². The van der Waals surface area contributed by atoms with Gasteiger partial charge >= 0.3 is 5.97 Å². The van der Waals surface area contributed by atoms with Crippen LogP contribution in [0.5, 0.6) is 0 Å². The number of esters is 1. The molecule has 0 bridgehead atoms. The van der Waals surface area contributed by atoms with Crippen LogP contribution < -0.4 is 5.73 Å². The zero-order valence-corrected chi connectivity index (χ0v) is 6.29. The fraction of sp³-hybridized carbons (Fsp3) is 0.833. The molecule has 0 aliphatic rings. The molecule has 60 valence electrons. The van der Waals surface area contributed by atoms with E-state index < -0.39 is 6.10 Å². The Bertz CT molecular complexity index is 105. The van der Waals surface area contributed by atoms with Gasteiger partial charge in [0.15, 0.2) is 6.10 Å². The molecule has 0 saturated carbocycles. The first-order valence-electron chi connectivity index (χ1n) is 3.12. The van der Waals surface area contributed by atoms with Crippen LogP contribution in [0.2, 0.25) is 0 Å². The average molecular weight is 147 g/mol. The van der Waals surface area contributed by atoms with E-state index in [2.05, 4.69) is 4.74 Å². The minimum absolute atomic E-state index is 0.367. The highest BCUT2D eigenvalue weighted by molar-refractivity contribution is 5.73. The zero-order chi connectivity index (χ0) is 7.98. The minimum Gasteiger partial charge on any atom is -0.467 e. The van der Waals surface area contributed by atoms with Gasteiger partial charge in [-0.25, -0.2) is 4.79 Å². The van der Waals surface area contributed by atoms with Gasteiger partial charge in [-0.15, -0.1) is 0 Å². The second-order valence-corrected chi connectivity index (χ2v) is 1.82. The van der Waals surface area contributed by atoms with E-state index in [1.54, 1.807) is 6.92 Å². The highest BCUT2D eigenvalue weighted by Crippen LogP contribution is 1.91. The first kappa shape index (κ1) is 9.39. The molecule has 0 aromatic carbocycles. The Morgan fingerprint density at radius 2 is 2.30 bits per heavy atom. The van der Waals surface area contributed by atoms with E-state index in [-0.39, 0.29) is 5.97 Å². The molecule has 0 rings (SSSR count). The van der Waals surface area contributed by atoms with Crippen LogP contribution in [-0.4, -0.2) is 32.3 Å². The van der Waals surface area contributed by atoms with Crippen molar-refractivity contribution in [3.05, 3.63) is 0 Å². The van der Waals surface area contributed by atoms with Crippen molar-refractivity contribution in [3.63, 3.8) is 0 Å². The van der Waals surface area contributed by atoms with Gasteiger partial charge in [-0.1, -0.05) is 0 Å². The van der Waals surface area contributed by atoms with Crippen LogP contribution in [-0.2, 0) is 14.3 Å². The van der Waals surface area contributed by atoms with E-state index in [1.165, 1.54) is 7.11 Å². The van der Waals surface area contributed by atoms with E-state index in [0.29, 0.717) is 13.2 Å². The van der Waals surface area contributed by atoms with Crippen molar-refractivity contribution in [3.8, 4) is 0 Å². The van der Waals surface area contributed by atoms with Crippen molar-refractivity contribution in [2.45, 2.75) is 13.0 Å². The van der Waals surface area contributed by atoms with E-state index in [4.69, 9.17) is 10.5 Å². The minimum atomic E-state index is -0.506. The molecule has 0 unspecified atom stereocenters. The van der Waals surface area contributed by atoms with Crippen molar-refractivity contribution in [1.29, 1.82) is 0 Å². The average Bonchev–Trinajstić information content (AvgIpc) is 1.98. The number of hydrogen-bond donors (Lipinski definition) is 1. The number of nitrogens with two attached hydrogens (primary N) is 1. The first-order valence-corrected chi connectivity index (χ1v) is 3.12. The molecule has 0 fully saturated rings. The maximum Gasteiger partial charge on any atom is 0.334 e. The summed E-state index contributed by atoms with van der Waals surface area (Å²) < 4.78 is 9.35. The molecule has 0 heterocycles. The molecule has 0 aromatic rings. The van der Waals surface area contributed by atoms with Gasteiger partial charge in [0.25, 0.3) is 0 Å². The summed E-state index contributed by atoms with van der Waals surface area (Å²) in [6, 6.07) is 0. The quantitative estimate of drug-likeness (QED) is 0.546. The standard InChI is InChI=1S/C6H13NO3/c1-5(6(8)9-2)10-4-3-7/h5H,3-4,7H2,1-2H3/t5-/m1/s1. The van der Waals surface area contributed by atoms with Crippen LogP contribution in [0.3, 0.4) is 0 Å². The molecule has 0 aromatic heterocycles. The predicted octanol–water partition coefficient (Wildman–Crippen LogP) is -0.477. The second-order valence-electron chi connectivity index (χ2n) is 1.82. The lowest BCUT2D eigenvalue weighted by molar-refractivity contribution is -0.152. The van der Waals surface area contributed by atoms with Crippen molar-refractivity contribution in [2.75, 3.05) is 20.3 Å². The summed E-state index contributed by atoms with van der Waals surface area (Å²) in [6.07, 6.45) is -0.506. The van der Waals surface area contributed by atoms with Crippen LogP contribution in [0.15, 0.2) is 0 Å². The third-order valence-corrected chi connectivity index (χ3v) is 1.02. The van der Waals surface area contributed by atoms with Gasteiger partial charge in [0.2, 0.25) is 0 Å². The Balaban J connectivity index is 3.41. The van der Waals surface area contributed by atoms with Crippen molar-refractivity contribution in [2.24, 2.45) is 5.73 Å². The van der Waals surface area contributed by atoms with Crippen molar-refractivity contribution >= 4 is 5.97 Å². The van der Waals surface area contributed by atoms with Gasteiger partial charge < -0.3 is 15.2 Å². The summed E-state index contributed by atoms with van der Waals surface area (Å²) in [5, 5.41) is 0. The summed E-state index contributed by atoms with van der Waals surface area (Å²) in [5.74, 6) is -0.367. The largest absolute Gasteiger partial charge is 0.467 e. The Morgan fingerprint density at radius 3 is 2.70 bits per heavy atom. The molecular formula is C6H13NO3. The molecule has 0 radical (unpaired) electrons. The van der Waals surface area contributed by atoms with E-state index in [1.807, 2.05) is 0 Å². The maximum absolute atomic E-state index is 10.6. The lowest BCUT2D eigenvalue weighted by atomic mass is 10.4. The molecule has 0 aliphatic heterocycles. The molecule has 0 aliphatic carbocycles. The molecule has 0 saturated heterocycles.